The fraction of sp³-hybridized carbons (Fsp3) is 0.333. The first-order valence-electron chi connectivity index (χ1n) is 5.39. The van der Waals surface area contributed by atoms with Crippen LogP contribution in [0.15, 0.2) is 30.6 Å². The van der Waals surface area contributed by atoms with Crippen LogP contribution in [-0.2, 0) is 13.5 Å². The van der Waals surface area contributed by atoms with Crippen molar-refractivity contribution >= 4 is 5.82 Å². The smallest absolute Gasteiger partial charge is 0.125 e. The van der Waals surface area contributed by atoms with Gasteiger partial charge in [0.05, 0.1) is 0 Å². The van der Waals surface area contributed by atoms with Crippen LogP contribution in [0.3, 0.4) is 0 Å². The third-order valence-electron chi connectivity index (χ3n) is 2.52. The van der Waals surface area contributed by atoms with Gasteiger partial charge in [-0.2, -0.15) is 5.10 Å². The van der Waals surface area contributed by atoms with Crippen LogP contribution in [0.2, 0.25) is 0 Å². The first-order chi connectivity index (χ1) is 7.75. The molecule has 0 bridgehead atoms. The van der Waals surface area contributed by atoms with Crippen LogP contribution in [0.5, 0.6) is 0 Å². The molecule has 0 spiro atoms. The first-order valence-corrected chi connectivity index (χ1v) is 5.39. The topological polar surface area (TPSA) is 42.7 Å². The van der Waals surface area contributed by atoms with E-state index in [1.807, 2.05) is 43.2 Å². The van der Waals surface area contributed by atoms with E-state index in [9.17, 15) is 0 Å². The number of aryl methyl sites for hydroxylation is 2. The molecule has 0 fully saturated rings. The van der Waals surface area contributed by atoms with Crippen molar-refractivity contribution in [1.29, 1.82) is 0 Å². The van der Waals surface area contributed by atoms with Gasteiger partial charge in [0.2, 0.25) is 0 Å². The van der Waals surface area contributed by atoms with Crippen LogP contribution in [-0.4, -0.2) is 21.3 Å². The molecule has 4 heteroatoms. The Bertz CT molecular complexity index is 444. The summed E-state index contributed by atoms with van der Waals surface area (Å²) in [6.45, 7) is 2.90. The summed E-state index contributed by atoms with van der Waals surface area (Å²) >= 11 is 0. The van der Waals surface area contributed by atoms with E-state index in [-0.39, 0.29) is 0 Å². The normalized spacial score (nSPS) is 10.4. The van der Waals surface area contributed by atoms with Crippen molar-refractivity contribution in [2.45, 2.75) is 13.3 Å². The van der Waals surface area contributed by atoms with Gasteiger partial charge < -0.3 is 5.32 Å². The molecule has 4 nitrogen and oxygen atoms in total. The van der Waals surface area contributed by atoms with E-state index in [1.165, 1.54) is 11.3 Å². The number of anilines is 1. The van der Waals surface area contributed by atoms with E-state index in [4.69, 9.17) is 0 Å². The maximum absolute atomic E-state index is 4.29. The number of nitrogens with zero attached hydrogens (tertiary/aromatic N) is 3. The van der Waals surface area contributed by atoms with Crippen molar-refractivity contribution in [2.24, 2.45) is 7.05 Å². The second-order valence-electron chi connectivity index (χ2n) is 3.84. The van der Waals surface area contributed by atoms with Gasteiger partial charge in [-0.1, -0.05) is 6.07 Å². The van der Waals surface area contributed by atoms with Crippen LogP contribution in [0.1, 0.15) is 11.3 Å². The average molecular weight is 216 g/mol. The summed E-state index contributed by atoms with van der Waals surface area (Å²) in [6.07, 6.45) is 4.64. The highest BCUT2D eigenvalue weighted by molar-refractivity contribution is 5.35. The van der Waals surface area contributed by atoms with Gasteiger partial charge in [-0.05, 0) is 24.6 Å². The standard InChI is InChI=1S/C12H16N4/c1-10-3-4-12(14-9-10)13-7-5-11-6-8-15-16(11)2/h3-4,6,8-9H,5,7H2,1-2H3,(H,13,14). The van der Waals surface area contributed by atoms with E-state index in [2.05, 4.69) is 21.5 Å². The van der Waals surface area contributed by atoms with Gasteiger partial charge in [0.1, 0.15) is 5.82 Å². The summed E-state index contributed by atoms with van der Waals surface area (Å²) in [5, 5.41) is 7.41. The molecule has 1 N–H and O–H groups in total. The van der Waals surface area contributed by atoms with Gasteiger partial charge in [0.25, 0.3) is 0 Å². The molecule has 2 aromatic rings. The van der Waals surface area contributed by atoms with Crippen LogP contribution < -0.4 is 5.32 Å². The molecule has 0 aliphatic rings. The molecule has 0 atom stereocenters. The predicted octanol–water partition coefficient (Wildman–Crippen LogP) is 1.78. The summed E-state index contributed by atoms with van der Waals surface area (Å²) < 4.78 is 1.89. The second-order valence-corrected chi connectivity index (χ2v) is 3.84. The minimum atomic E-state index is 0.871. The molecule has 2 rings (SSSR count). The van der Waals surface area contributed by atoms with E-state index < -0.39 is 0 Å². The largest absolute Gasteiger partial charge is 0.370 e. The van der Waals surface area contributed by atoms with Crippen molar-refractivity contribution in [3.05, 3.63) is 41.9 Å². The summed E-state index contributed by atoms with van der Waals surface area (Å²) in [7, 11) is 1.96. The molecule has 0 aromatic carbocycles. The number of pyridine rings is 1. The molecule has 2 heterocycles. The molecule has 16 heavy (non-hydrogen) atoms. The lowest BCUT2D eigenvalue weighted by molar-refractivity contribution is 0.711. The Morgan fingerprint density at radius 3 is 2.81 bits per heavy atom. The maximum Gasteiger partial charge on any atom is 0.125 e. The van der Waals surface area contributed by atoms with Gasteiger partial charge in [0, 0.05) is 38.1 Å². The molecular formula is C12H16N4. The Morgan fingerprint density at radius 2 is 2.19 bits per heavy atom. The monoisotopic (exact) mass is 216 g/mol. The Hall–Kier alpha value is -1.84. The van der Waals surface area contributed by atoms with E-state index in [1.54, 1.807) is 0 Å². The average Bonchev–Trinajstić information content (AvgIpc) is 2.68. The first kappa shape index (κ1) is 10.7. The highest BCUT2D eigenvalue weighted by Crippen LogP contribution is 2.04. The van der Waals surface area contributed by atoms with Crippen molar-refractivity contribution in [2.75, 3.05) is 11.9 Å². The Kier molecular flexibility index (Phi) is 3.19. The molecule has 0 amide bonds. The van der Waals surface area contributed by atoms with Crippen molar-refractivity contribution in [3.8, 4) is 0 Å². The number of hydrogen-bond donors (Lipinski definition) is 1. The zero-order valence-electron chi connectivity index (χ0n) is 9.64. The molecular weight excluding hydrogens is 200 g/mol. The van der Waals surface area contributed by atoms with Gasteiger partial charge in [-0.15, -0.1) is 0 Å². The Balaban J connectivity index is 1.84. The number of rotatable bonds is 4. The minimum Gasteiger partial charge on any atom is -0.370 e. The Morgan fingerprint density at radius 1 is 1.31 bits per heavy atom. The lowest BCUT2D eigenvalue weighted by Crippen LogP contribution is -2.09. The summed E-state index contributed by atoms with van der Waals surface area (Å²) in [5.74, 6) is 0.924. The summed E-state index contributed by atoms with van der Waals surface area (Å²) in [6, 6.07) is 6.09. The van der Waals surface area contributed by atoms with Gasteiger partial charge >= 0.3 is 0 Å². The zero-order chi connectivity index (χ0) is 11.4. The lowest BCUT2D eigenvalue weighted by atomic mass is 10.3. The van der Waals surface area contributed by atoms with Gasteiger partial charge in [0.15, 0.2) is 0 Å². The summed E-state index contributed by atoms with van der Waals surface area (Å²) in [4.78, 5) is 4.29. The molecule has 84 valence electrons. The number of hydrogen-bond acceptors (Lipinski definition) is 3. The van der Waals surface area contributed by atoms with Crippen molar-refractivity contribution in [3.63, 3.8) is 0 Å². The zero-order valence-corrected chi connectivity index (χ0v) is 9.64. The van der Waals surface area contributed by atoms with Crippen molar-refractivity contribution in [1.82, 2.24) is 14.8 Å². The summed E-state index contributed by atoms with van der Waals surface area (Å²) in [5.41, 5.74) is 2.40. The van der Waals surface area contributed by atoms with Gasteiger partial charge in [-0.3, -0.25) is 4.68 Å². The van der Waals surface area contributed by atoms with Crippen LogP contribution in [0.4, 0.5) is 5.82 Å². The maximum atomic E-state index is 4.29. The molecule has 0 radical (unpaired) electrons. The highest BCUT2D eigenvalue weighted by atomic mass is 15.3. The highest BCUT2D eigenvalue weighted by Gasteiger charge is 1.98. The number of nitrogens with one attached hydrogen (secondary N) is 1. The van der Waals surface area contributed by atoms with Crippen LogP contribution in [0, 0.1) is 6.92 Å². The molecule has 2 aromatic heterocycles. The third kappa shape index (κ3) is 2.59. The SMILES string of the molecule is Cc1ccc(NCCc2ccnn2C)nc1. The minimum absolute atomic E-state index is 0.871. The van der Waals surface area contributed by atoms with Crippen LogP contribution in [0.25, 0.3) is 0 Å². The fourth-order valence-electron chi connectivity index (χ4n) is 1.54. The fourth-order valence-corrected chi connectivity index (χ4v) is 1.54. The quantitative estimate of drug-likeness (QED) is 0.847. The second kappa shape index (κ2) is 4.79. The molecule has 0 aliphatic carbocycles. The third-order valence-corrected chi connectivity index (χ3v) is 2.52. The molecule has 0 saturated carbocycles. The number of aromatic nitrogens is 3. The van der Waals surface area contributed by atoms with Crippen molar-refractivity contribution < 1.29 is 0 Å². The Labute approximate surface area is 95.3 Å². The van der Waals surface area contributed by atoms with Crippen LogP contribution >= 0.6 is 0 Å². The molecule has 0 aliphatic heterocycles. The van der Waals surface area contributed by atoms with E-state index in [0.717, 1.165) is 18.8 Å². The van der Waals surface area contributed by atoms with E-state index >= 15 is 0 Å². The molecule has 0 unspecified atom stereocenters. The molecule has 0 saturated heterocycles. The predicted molar refractivity (Wildman–Crippen MR) is 64.4 cm³/mol. The van der Waals surface area contributed by atoms with Gasteiger partial charge in [-0.25, -0.2) is 4.98 Å². The lowest BCUT2D eigenvalue weighted by Gasteiger charge is -2.05. The van der Waals surface area contributed by atoms with E-state index in [0.29, 0.717) is 0 Å².